The Hall–Kier alpha value is -4.34. The van der Waals surface area contributed by atoms with E-state index >= 15 is 0 Å². The smallest absolute Gasteiger partial charge is 0.220 e. The number of unbranched alkanes of at least 4 members (excludes halogenated alkanes) is 2. The number of amides is 2. The monoisotopic (exact) mass is 677 g/mol. The third-order valence-electron chi connectivity index (χ3n) is 9.44. The molecule has 1 aliphatic rings. The summed E-state index contributed by atoms with van der Waals surface area (Å²) in [5, 5.41) is 15.4. The third kappa shape index (κ3) is 10.8. The first-order valence-electron chi connectivity index (χ1n) is 17.7. The Morgan fingerprint density at radius 3 is 2.28 bits per heavy atom. The molecule has 4 aromatic rings. The van der Waals surface area contributed by atoms with Crippen molar-refractivity contribution < 1.29 is 24.2 Å². The molecule has 0 spiro atoms. The Morgan fingerprint density at radius 2 is 1.56 bits per heavy atom. The molecule has 5 rings (SSSR count). The first kappa shape index (κ1) is 36.9. The largest absolute Gasteiger partial charge is 0.392 e. The first-order valence-corrected chi connectivity index (χ1v) is 17.7. The van der Waals surface area contributed by atoms with Crippen LogP contribution in [0.25, 0.3) is 11.1 Å². The first-order chi connectivity index (χ1) is 24.3. The van der Waals surface area contributed by atoms with Gasteiger partial charge in [-0.05, 0) is 66.3 Å². The number of nitrogens with zero attached hydrogens (tertiary/aromatic N) is 1. The van der Waals surface area contributed by atoms with Gasteiger partial charge in [0, 0.05) is 51.0 Å². The van der Waals surface area contributed by atoms with Crippen molar-refractivity contribution in [3.8, 4) is 11.1 Å². The maximum Gasteiger partial charge on any atom is 0.220 e. The molecule has 1 aliphatic heterocycles. The van der Waals surface area contributed by atoms with E-state index in [1.807, 2.05) is 42.5 Å². The average molecular weight is 678 g/mol. The molecule has 3 N–H and O–H groups in total. The molecule has 0 saturated carbocycles. The predicted molar refractivity (Wildman–Crippen MR) is 197 cm³/mol. The Balaban J connectivity index is 1.22. The molecule has 264 valence electrons. The van der Waals surface area contributed by atoms with Crippen LogP contribution >= 0.6 is 0 Å². The zero-order valence-corrected chi connectivity index (χ0v) is 29.5. The highest BCUT2D eigenvalue weighted by Gasteiger charge is 2.33. The van der Waals surface area contributed by atoms with Gasteiger partial charge in [-0.25, -0.2) is 0 Å². The van der Waals surface area contributed by atoms with E-state index in [-0.39, 0.29) is 36.7 Å². The van der Waals surface area contributed by atoms with Gasteiger partial charge >= 0.3 is 0 Å². The van der Waals surface area contributed by atoms with Crippen molar-refractivity contribution in [2.24, 2.45) is 0 Å². The van der Waals surface area contributed by atoms with Crippen LogP contribution in [0.2, 0.25) is 0 Å². The van der Waals surface area contributed by atoms with Crippen LogP contribution in [-0.4, -0.2) is 48.1 Å². The van der Waals surface area contributed by atoms with Gasteiger partial charge in [0.15, 0.2) is 6.29 Å². The summed E-state index contributed by atoms with van der Waals surface area (Å²) >= 11 is 0. The van der Waals surface area contributed by atoms with Gasteiger partial charge in [0.05, 0.1) is 18.8 Å². The highest BCUT2D eigenvalue weighted by Crippen LogP contribution is 2.39. The van der Waals surface area contributed by atoms with Crippen LogP contribution < -0.4 is 10.6 Å². The summed E-state index contributed by atoms with van der Waals surface area (Å²) in [6, 6.07) is 35.3. The molecular weight excluding hydrogens is 626 g/mol. The average Bonchev–Trinajstić information content (AvgIpc) is 3.15. The standard InChI is InChI=1S/C42H51N3O5/c1-30(34-12-6-4-7-13-34)45(3)28-39-26-40(36-18-16-32(29-46)17-19-36)50-42(49-39)37-22-20-35(21-23-37)38-14-10-11-33(25-38)27-44-41(48)15-8-5-9-24-43-31(2)47/h4,6-7,10-14,16-23,25,30,39-40,42,46H,5,8-9,15,24,26-29H2,1-3H3,(H,43,47)(H,44,48)/t30-,39-,40+,42+/m0/s1. The van der Waals surface area contributed by atoms with E-state index in [1.54, 1.807) is 0 Å². The van der Waals surface area contributed by atoms with Crippen molar-refractivity contribution in [1.82, 2.24) is 15.5 Å². The Bertz CT molecular complexity index is 1640. The summed E-state index contributed by atoms with van der Waals surface area (Å²) in [5.74, 6) is 0.0133. The van der Waals surface area contributed by atoms with Crippen LogP contribution in [0.4, 0.5) is 0 Å². The lowest BCUT2D eigenvalue weighted by Crippen LogP contribution is -2.38. The fourth-order valence-electron chi connectivity index (χ4n) is 6.33. The fraction of sp³-hybridized carbons (Fsp3) is 0.381. The maximum atomic E-state index is 12.4. The molecule has 1 fully saturated rings. The van der Waals surface area contributed by atoms with Gasteiger partial charge < -0.3 is 25.2 Å². The molecule has 1 heterocycles. The third-order valence-corrected chi connectivity index (χ3v) is 9.44. The lowest BCUT2D eigenvalue weighted by molar-refractivity contribution is -0.253. The highest BCUT2D eigenvalue weighted by molar-refractivity contribution is 5.76. The van der Waals surface area contributed by atoms with Crippen LogP contribution in [0.1, 0.15) is 92.2 Å². The van der Waals surface area contributed by atoms with Crippen LogP contribution in [0.15, 0.2) is 103 Å². The lowest BCUT2D eigenvalue weighted by Gasteiger charge is -2.39. The molecular formula is C42H51N3O5. The van der Waals surface area contributed by atoms with E-state index in [1.165, 1.54) is 12.5 Å². The number of hydrogen-bond donors (Lipinski definition) is 3. The number of carbonyl (C=O) groups is 2. The van der Waals surface area contributed by atoms with Crippen molar-refractivity contribution in [3.63, 3.8) is 0 Å². The molecule has 0 bridgehead atoms. The van der Waals surface area contributed by atoms with Crippen molar-refractivity contribution in [2.45, 2.75) is 83.6 Å². The number of aliphatic hydroxyl groups is 1. The predicted octanol–water partition coefficient (Wildman–Crippen LogP) is 7.40. The minimum atomic E-state index is -0.530. The molecule has 50 heavy (non-hydrogen) atoms. The van der Waals surface area contributed by atoms with Gasteiger partial charge in [-0.2, -0.15) is 0 Å². The summed E-state index contributed by atoms with van der Waals surface area (Å²) in [5.41, 5.74) is 7.35. The van der Waals surface area contributed by atoms with E-state index in [4.69, 9.17) is 9.47 Å². The molecule has 0 unspecified atom stereocenters. The minimum Gasteiger partial charge on any atom is -0.392 e. The van der Waals surface area contributed by atoms with Crippen LogP contribution in [0, 0.1) is 0 Å². The number of ether oxygens (including phenoxy) is 2. The summed E-state index contributed by atoms with van der Waals surface area (Å²) < 4.78 is 13.2. The van der Waals surface area contributed by atoms with Crippen LogP contribution in [0.5, 0.6) is 0 Å². The van der Waals surface area contributed by atoms with Crippen molar-refractivity contribution in [1.29, 1.82) is 0 Å². The highest BCUT2D eigenvalue weighted by atomic mass is 16.7. The normalized spacial score (nSPS) is 18.1. The van der Waals surface area contributed by atoms with Gasteiger partial charge in [-0.3, -0.25) is 14.5 Å². The quantitative estimate of drug-likeness (QED) is 0.107. The summed E-state index contributed by atoms with van der Waals surface area (Å²) in [7, 11) is 2.14. The number of nitrogens with one attached hydrogen (secondary N) is 2. The van der Waals surface area contributed by atoms with Crippen LogP contribution in [0.3, 0.4) is 0 Å². The Morgan fingerprint density at radius 1 is 0.820 bits per heavy atom. The second kappa shape index (κ2) is 18.6. The van der Waals surface area contributed by atoms with Crippen molar-refractivity contribution in [2.75, 3.05) is 20.1 Å². The summed E-state index contributed by atoms with van der Waals surface area (Å²) in [6.07, 6.45) is 3.04. The van der Waals surface area contributed by atoms with Gasteiger partial charge in [-0.1, -0.05) is 103 Å². The molecule has 0 aromatic heterocycles. The Kier molecular flexibility index (Phi) is 13.7. The van der Waals surface area contributed by atoms with E-state index in [0.717, 1.165) is 65.6 Å². The molecule has 8 nitrogen and oxygen atoms in total. The zero-order chi connectivity index (χ0) is 35.3. The second-order valence-corrected chi connectivity index (χ2v) is 13.3. The molecule has 8 heteroatoms. The van der Waals surface area contributed by atoms with Crippen LogP contribution in [-0.2, 0) is 32.2 Å². The van der Waals surface area contributed by atoms with Gasteiger partial charge in [0.25, 0.3) is 0 Å². The van der Waals surface area contributed by atoms with Crippen molar-refractivity contribution in [3.05, 3.63) is 131 Å². The number of aliphatic hydroxyl groups excluding tert-OH is 1. The minimum absolute atomic E-state index is 0.00919. The van der Waals surface area contributed by atoms with Gasteiger partial charge in [0.1, 0.15) is 0 Å². The van der Waals surface area contributed by atoms with E-state index in [9.17, 15) is 14.7 Å². The number of carbonyl (C=O) groups excluding carboxylic acids is 2. The number of hydrogen-bond acceptors (Lipinski definition) is 6. The topological polar surface area (TPSA) is 100 Å². The molecule has 0 aliphatic carbocycles. The molecule has 4 atom stereocenters. The van der Waals surface area contributed by atoms with Gasteiger partial charge in [0.2, 0.25) is 11.8 Å². The van der Waals surface area contributed by atoms with Gasteiger partial charge in [-0.15, -0.1) is 0 Å². The summed E-state index contributed by atoms with van der Waals surface area (Å²) in [6.45, 7) is 5.62. The number of likely N-dealkylation sites (N-methyl/N-ethyl adjacent to an activating group) is 1. The molecule has 2 amide bonds. The van der Waals surface area contributed by atoms with E-state index in [2.05, 4.69) is 90.2 Å². The second-order valence-electron chi connectivity index (χ2n) is 13.3. The number of rotatable bonds is 16. The zero-order valence-electron chi connectivity index (χ0n) is 29.5. The maximum absolute atomic E-state index is 12.4. The Labute approximate surface area is 296 Å². The van der Waals surface area contributed by atoms with E-state index < -0.39 is 6.29 Å². The summed E-state index contributed by atoms with van der Waals surface area (Å²) in [4.78, 5) is 25.7. The molecule has 1 saturated heterocycles. The molecule has 4 aromatic carbocycles. The number of benzene rings is 4. The van der Waals surface area contributed by atoms with E-state index in [0.29, 0.717) is 19.5 Å². The lowest BCUT2D eigenvalue weighted by atomic mass is 9.98. The SMILES string of the molecule is CC(=O)NCCCCCC(=O)NCc1cccc(-c2ccc([C@@H]3O[C@H](CN(C)[C@@H](C)c4ccccc4)C[C@H](c4ccc(CO)cc4)O3)cc2)c1. The fourth-order valence-corrected chi connectivity index (χ4v) is 6.33. The molecule has 0 radical (unpaired) electrons. The van der Waals surface area contributed by atoms with Crippen molar-refractivity contribution >= 4 is 11.8 Å².